The van der Waals surface area contributed by atoms with Gasteiger partial charge in [-0.15, -0.1) is 0 Å². The van der Waals surface area contributed by atoms with Gasteiger partial charge >= 0.3 is 5.97 Å². The van der Waals surface area contributed by atoms with Crippen molar-refractivity contribution in [2.24, 2.45) is 0 Å². The van der Waals surface area contributed by atoms with Crippen molar-refractivity contribution in [3.63, 3.8) is 0 Å². The second-order valence-electron chi connectivity index (χ2n) is 8.84. The van der Waals surface area contributed by atoms with E-state index in [9.17, 15) is 29.6 Å². The fourth-order valence-corrected chi connectivity index (χ4v) is 4.44. The van der Waals surface area contributed by atoms with Gasteiger partial charge in [-0.3, -0.25) is 19.7 Å². The third-order valence-corrected chi connectivity index (χ3v) is 6.12. The van der Waals surface area contributed by atoms with Crippen LogP contribution in [0.2, 0.25) is 0 Å². The summed E-state index contributed by atoms with van der Waals surface area (Å²) in [6.07, 6.45) is 0.568. The normalized spacial score (nSPS) is 17.2. The number of aliphatic hydroxyl groups excluding tert-OH is 1. The number of benzene rings is 1. The van der Waals surface area contributed by atoms with E-state index in [1.165, 1.54) is 29.2 Å². The van der Waals surface area contributed by atoms with E-state index in [1.54, 1.807) is 20.8 Å². The lowest BCUT2D eigenvalue weighted by atomic mass is 9.94. The number of likely N-dealkylation sites (tertiary alicyclic amines) is 1. The van der Waals surface area contributed by atoms with E-state index in [0.717, 1.165) is 0 Å². The molecular formula is C25H30N4O7. The highest BCUT2D eigenvalue weighted by molar-refractivity contribution is 6.46. The molecule has 0 unspecified atom stereocenters. The zero-order valence-electron chi connectivity index (χ0n) is 21.0. The number of Topliss-reactive ketones (excluding diaryl/α,β-unsaturated/α-hetero) is 1. The molecule has 192 valence electrons. The molecule has 0 bridgehead atoms. The van der Waals surface area contributed by atoms with Crippen LogP contribution in [0.3, 0.4) is 0 Å². The molecule has 11 nitrogen and oxygen atoms in total. The summed E-state index contributed by atoms with van der Waals surface area (Å²) in [5.74, 6) is -2.66. The van der Waals surface area contributed by atoms with Gasteiger partial charge in [-0.05, 0) is 71.1 Å². The van der Waals surface area contributed by atoms with Crippen LogP contribution >= 0.6 is 0 Å². The Bertz CT molecular complexity index is 1230. The SMILES string of the molecule is CCOC(=O)c1[nH]c(C)c(C(O)=C2C(=O)C(=O)N(CCCN(C)C)[C@H]2c2ccc([N+](=O)[O-])cc2)c1C. The minimum absolute atomic E-state index is 0.139. The van der Waals surface area contributed by atoms with E-state index in [4.69, 9.17) is 4.74 Å². The van der Waals surface area contributed by atoms with E-state index in [0.29, 0.717) is 29.8 Å². The van der Waals surface area contributed by atoms with Gasteiger partial charge < -0.3 is 24.6 Å². The topological polar surface area (TPSA) is 146 Å². The van der Waals surface area contributed by atoms with Crippen LogP contribution in [0, 0.1) is 24.0 Å². The minimum Gasteiger partial charge on any atom is -0.507 e. The third-order valence-electron chi connectivity index (χ3n) is 6.12. The molecular weight excluding hydrogens is 468 g/mol. The zero-order chi connectivity index (χ0) is 26.7. The number of hydrogen-bond donors (Lipinski definition) is 2. The monoisotopic (exact) mass is 498 g/mol. The molecule has 0 radical (unpaired) electrons. The molecule has 0 spiro atoms. The summed E-state index contributed by atoms with van der Waals surface area (Å²) in [5.41, 5.74) is 1.35. The lowest BCUT2D eigenvalue weighted by molar-refractivity contribution is -0.384. The second-order valence-corrected chi connectivity index (χ2v) is 8.84. The number of ether oxygens (including phenoxy) is 1. The summed E-state index contributed by atoms with van der Waals surface area (Å²) < 4.78 is 5.07. The average Bonchev–Trinajstić information content (AvgIpc) is 3.26. The summed E-state index contributed by atoms with van der Waals surface area (Å²) in [5, 5.41) is 22.5. The van der Waals surface area contributed by atoms with Crippen LogP contribution < -0.4 is 0 Å². The van der Waals surface area contributed by atoms with Crippen LogP contribution in [0.5, 0.6) is 0 Å². The number of carbonyl (C=O) groups excluding carboxylic acids is 3. The molecule has 1 saturated heterocycles. The first-order chi connectivity index (χ1) is 17.0. The highest BCUT2D eigenvalue weighted by atomic mass is 16.6. The number of nitro benzene ring substituents is 1. The molecule has 1 amide bonds. The van der Waals surface area contributed by atoms with E-state index in [1.807, 2.05) is 19.0 Å². The molecule has 1 fully saturated rings. The number of ketones is 1. The van der Waals surface area contributed by atoms with Gasteiger partial charge in [0.1, 0.15) is 11.5 Å². The van der Waals surface area contributed by atoms with Crippen molar-refractivity contribution in [1.29, 1.82) is 0 Å². The van der Waals surface area contributed by atoms with E-state index < -0.39 is 34.4 Å². The Morgan fingerprint density at radius 2 is 1.86 bits per heavy atom. The number of non-ortho nitro benzene ring substituents is 1. The number of H-pyrrole nitrogens is 1. The van der Waals surface area contributed by atoms with Crippen LogP contribution in [0.4, 0.5) is 5.69 Å². The Labute approximate surface area is 208 Å². The minimum atomic E-state index is -0.951. The molecule has 11 heteroatoms. The lowest BCUT2D eigenvalue weighted by Crippen LogP contribution is -2.32. The number of nitrogens with zero attached hydrogens (tertiary/aromatic N) is 3. The van der Waals surface area contributed by atoms with E-state index in [2.05, 4.69) is 4.98 Å². The summed E-state index contributed by atoms with van der Waals surface area (Å²) in [6.45, 7) is 5.98. The Balaban J connectivity index is 2.17. The maximum atomic E-state index is 13.2. The van der Waals surface area contributed by atoms with Crippen molar-refractivity contribution in [2.45, 2.75) is 33.2 Å². The molecule has 2 N–H and O–H groups in total. The molecule has 1 aromatic carbocycles. The Hall–Kier alpha value is -3.99. The predicted molar refractivity (Wildman–Crippen MR) is 132 cm³/mol. The smallest absolute Gasteiger partial charge is 0.355 e. The molecule has 36 heavy (non-hydrogen) atoms. The van der Waals surface area contributed by atoms with Gasteiger partial charge in [-0.25, -0.2) is 4.79 Å². The number of amides is 1. The van der Waals surface area contributed by atoms with Crippen LogP contribution in [-0.4, -0.2) is 76.3 Å². The zero-order valence-corrected chi connectivity index (χ0v) is 21.0. The van der Waals surface area contributed by atoms with E-state index in [-0.39, 0.29) is 35.7 Å². The molecule has 2 aromatic rings. The first-order valence-corrected chi connectivity index (χ1v) is 11.5. The van der Waals surface area contributed by atoms with Crippen LogP contribution in [0.25, 0.3) is 5.76 Å². The summed E-state index contributed by atoms with van der Waals surface area (Å²) >= 11 is 0. The first kappa shape index (κ1) is 26.6. The highest BCUT2D eigenvalue weighted by Crippen LogP contribution is 2.41. The summed E-state index contributed by atoms with van der Waals surface area (Å²) in [6, 6.07) is 4.58. The number of hydrogen-bond acceptors (Lipinski definition) is 8. The number of aromatic amines is 1. The van der Waals surface area contributed by atoms with Crippen molar-refractivity contribution in [3.8, 4) is 0 Å². The highest BCUT2D eigenvalue weighted by Gasteiger charge is 2.46. The number of aromatic nitrogens is 1. The van der Waals surface area contributed by atoms with Gasteiger partial charge in [0.25, 0.3) is 17.4 Å². The quantitative estimate of drug-likeness (QED) is 0.134. The molecule has 1 atom stereocenters. The number of carbonyl (C=O) groups is 3. The Morgan fingerprint density at radius 3 is 2.42 bits per heavy atom. The van der Waals surface area contributed by atoms with Crippen LogP contribution in [0.15, 0.2) is 29.8 Å². The third kappa shape index (κ3) is 5.01. The standard InChI is InChI=1S/C25H30N4O7/c1-6-36-25(33)20-14(2)18(15(3)26-20)22(30)19-21(16-8-10-17(11-9-16)29(34)35)28(24(32)23(19)31)13-7-12-27(4)5/h8-11,21,26,30H,6-7,12-13H2,1-5H3/t21-/m0/s1. The van der Waals surface area contributed by atoms with E-state index >= 15 is 0 Å². The molecule has 1 aromatic heterocycles. The number of aliphatic hydroxyl groups is 1. The number of nitrogens with one attached hydrogen (secondary N) is 1. The molecule has 0 aliphatic carbocycles. The fourth-order valence-electron chi connectivity index (χ4n) is 4.44. The van der Waals surface area contributed by atoms with Gasteiger partial charge in [0.2, 0.25) is 0 Å². The van der Waals surface area contributed by atoms with Gasteiger partial charge in [-0.2, -0.15) is 0 Å². The lowest BCUT2D eigenvalue weighted by Gasteiger charge is -2.26. The molecule has 0 saturated carbocycles. The van der Waals surface area contributed by atoms with Crippen molar-refractivity contribution in [1.82, 2.24) is 14.8 Å². The predicted octanol–water partition coefficient (Wildman–Crippen LogP) is 3.09. The van der Waals surface area contributed by atoms with Crippen molar-refractivity contribution < 1.29 is 29.2 Å². The fraction of sp³-hybridized carbons (Fsp3) is 0.400. The summed E-state index contributed by atoms with van der Waals surface area (Å²) in [7, 11) is 3.78. The first-order valence-electron chi connectivity index (χ1n) is 11.5. The van der Waals surface area contributed by atoms with Gasteiger partial charge in [0, 0.05) is 29.9 Å². The number of rotatable bonds is 9. The number of esters is 1. The summed E-state index contributed by atoms with van der Waals surface area (Å²) in [4.78, 5) is 55.5. The maximum absolute atomic E-state index is 13.2. The van der Waals surface area contributed by atoms with Gasteiger partial charge in [0.05, 0.1) is 23.1 Å². The molecule has 1 aliphatic rings. The number of aryl methyl sites for hydroxylation is 1. The van der Waals surface area contributed by atoms with Crippen LogP contribution in [-0.2, 0) is 14.3 Å². The maximum Gasteiger partial charge on any atom is 0.355 e. The van der Waals surface area contributed by atoms with Gasteiger partial charge in [-0.1, -0.05) is 0 Å². The Morgan fingerprint density at radius 1 is 1.22 bits per heavy atom. The average molecular weight is 499 g/mol. The molecule has 2 heterocycles. The number of nitro groups is 1. The van der Waals surface area contributed by atoms with Crippen molar-refractivity contribution in [3.05, 3.63) is 68.0 Å². The Kier molecular flexibility index (Phi) is 7.93. The van der Waals surface area contributed by atoms with Gasteiger partial charge in [0.15, 0.2) is 0 Å². The molecule has 1 aliphatic heterocycles. The van der Waals surface area contributed by atoms with Crippen molar-refractivity contribution >= 4 is 29.1 Å². The largest absolute Gasteiger partial charge is 0.507 e. The second kappa shape index (κ2) is 10.7. The molecule has 3 rings (SSSR count). The van der Waals surface area contributed by atoms with Crippen molar-refractivity contribution in [2.75, 3.05) is 33.8 Å². The van der Waals surface area contributed by atoms with Crippen LogP contribution in [0.1, 0.15) is 52.3 Å².